The van der Waals surface area contributed by atoms with Gasteiger partial charge in [-0.2, -0.15) is 5.10 Å². The first-order valence-corrected chi connectivity index (χ1v) is 7.07. The van der Waals surface area contributed by atoms with Crippen LogP contribution in [0.15, 0.2) is 42.7 Å². The fraction of sp³-hybridized carbons (Fsp3) is 0.375. The number of rotatable bonds is 6. The Balaban J connectivity index is 1.86. The highest BCUT2D eigenvalue weighted by atomic mass is 16.1. The minimum absolute atomic E-state index is 0.0852. The van der Waals surface area contributed by atoms with E-state index in [9.17, 15) is 4.79 Å². The molecule has 0 spiro atoms. The molecule has 1 aromatic carbocycles. The largest absolute Gasteiger partial charge is 0.356 e. The van der Waals surface area contributed by atoms with Gasteiger partial charge in [-0.1, -0.05) is 32.0 Å². The van der Waals surface area contributed by atoms with Crippen LogP contribution in [0.1, 0.15) is 25.8 Å². The lowest BCUT2D eigenvalue weighted by Gasteiger charge is -2.08. The fourth-order valence-corrected chi connectivity index (χ4v) is 1.90. The van der Waals surface area contributed by atoms with Crippen molar-refractivity contribution in [3.63, 3.8) is 0 Å². The van der Waals surface area contributed by atoms with Crippen LogP contribution in [-0.2, 0) is 11.2 Å². The summed E-state index contributed by atoms with van der Waals surface area (Å²) in [5, 5.41) is 7.29. The molecule has 1 unspecified atom stereocenters. The van der Waals surface area contributed by atoms with Crippen molar-refractivity contribution >= 4 is 5.91 Å². The van der Waals surface area contributed by atoms with Crippen LogP contribution in [0.4, 0.5) is 0 Å². The molecule has 106 valence electrons. The second kappa shape index (κ2) is 6.89. The molecule has 0 radical (unpaired) electrons. The van der Waals surface area contributed by atoms with E-state index in [1.54, 1.807) is 0 Å². The summed E-state index contributed by atoms with van der Waals surface area (Å²) >= 11 is 0. The van der Waals surface area contributed by atoms with Crippen molar-refractivity contribution in [1.29, 1.82) is 0 Å². The molecule has 1 amide bonds. The number of hydrogen-bond acceptors (Lipinski definition) is 2. The first-order valence-electron chi connectivity index (χ1n) is 7.07. The number of amides is 1. The predicted molar refractivity (Wildman–Crippen MR) is 79.7 cm³/mol. The highest BCUT2D eigenvalue weighted by molar-refractivity contribution is 5.78. The van der Waals surface area contributed by atoms with Gasteiger partial charge in [0.25, 0.3) is 0 Å². The molecule has 20 heavy (non-hydrogen) atoms. The Labute approximate surface area is 119 Å². The highest BCUT2D eigenvalue weighted by Gasteiger charge is 2.09. The Morgan fingerprint density at radius 2 is 2.10 bits per heavy atom. The zero-order valence-electron chi connectivity index (χ0n) is 12.0. The number of benzene rings is 1. The maximum atomic E-state index is 11.7. The molecule has 0 bridgehead atoms. The van der Waals surface area contributed by atoms with Crippen molar-refractivity contribution in [3.05, 3.63) is 48.3 Å². The van der Waals surface area contributed by atoms with Crippen LogP contribution in [0.3, 0.4) is 0 Å². The number of carbonyl (C=O) groups excluding carboxylic acids is 1. The Morgan fingerprint density at radius 3 is 2.80 bits per heavy atom. The lowest BCUT2D eigenvalue weighted by Crippen LogP contribution is -2.30. The van der Waals surface area contributed by atoms with Gasteiger partial charge in [-0.05, 0) is 30.5 Å². The van der Waals surface area contributed by atoms with Crippen LogP contribution in [0.5, 0.6) is 0 Å². The molecule has 1 N–H and O–H groups in total. The lowest BCUT2D eigenvalue weighted by molar-refractivity contribution is -0.124. The Kier molecular flexibility index (Phi) is 4.93. The molecule has 4 nitrogen and oxygen atoms in total. The molecular weight excluding hydrogens is 250 g/mol. The molecule has 1 heterocycles. The van der Waals surface area contributed by atoms with Crippen molar-refractivity contribution in [2.45, 2.75) is 26.7 Å². The maximum Gasteiger partial charge on any atom is 0.222 e. The van der Waals surface area contributed by atoms with Crippen molar-refractivity contribution in [2.24, 2.45) is 5.92 Å². The van der Waals surface area contributed by atoms with E-state index < -0.39 is 0 Å². The molecule has 4 heteroatoms. The van der Waals surface area contributed by atoms with Crippen LogP contribution < -0.4 is 5.32 Å². The number of para-hydroxylation sites is 1. The first kappa shape index (κ1) is 14.3. The van der Waals surface area contributed by atoms with Gasteiger partial charge in [-0.3, -0.25) is 4.79 Å². The number of nitrogens with zero attached hydrogens (tertiary/aromatic N) is 2. The van der Waals surface area contributed by atoms with Gasteiger partial charge in [-0.15, -0.1) is 0 Å². The van der Waals surface area contributed by atoms with Gasteiger partial charge in [0.1, 0.15) is 0 Å². The summed E-state index contributed by atoms with van der Waals surface area (Å²) in [5.41, 5.74) is 2.17. The summed E-state index contributed by atoms with van der Waals surface area (Å²) in [6, 6.07) is 9.99. The molecular formula is C16H21N3O. The molecule has 0 fully saturated rings. The SMILES string of the molecule is CCC(C)C(=O)NCCc1cnn(-c2ccccc2)c1. The minimum Gasteiger partial charge on any atom is -0.356 e. The highest BCUT2D eigenvalue weighted by Crippen LogP contribution is 2.08. The maximum absolute atomic E-state index is 11.7. The van der Waals surface area contributed by atoms with Gasteiger partial charge in [0, 0.05) is 18.7 Å². The molecule has 2 rings (SSSR count). The van der Waals surface area contributed by atoms with Crippen LogP contribution in [0.2, 0.25) is 0 Å². The Bertz CT molecular complexity index is 548. The standard InChI is InChI=1S/C16H21N3O/c1-3-13(2)16(20)17-10-9-14-11-18-19(12-14)15-7-5-4-6-8-15/h4-8,11-13H,3,9-10H2,1-2H3,(H,17,20). The van der Waals surface area contributed by atoms with Crippen LogP contribution in [0.25, 0.3) is 5.69 Å². The zero-order valence-corrected chi connectivity index (χ0v) is 12.0. The van der Waals surface area contributed by atoms with Crippen molar-refractivity contribution in [2.75, 3.05) is 6.54 Å². The van der Waals surface area contributed by atoms with Gasteiger partial charge in [0.2, 0.25) is 5.91 Å². The van der Waals surface area contributed by atoms with E-state index in [1.165, 1.54) is 0 Å². The Morgan fingerprint density at radius 1 is 1.35 bits per heavy atom. The van der Waals surface area contributed by atoms with E-state index in [-0.39, 0.29) is 11.8 Å². The van der Waals surface area contributed by atoms with Gasteiger partial charge in [0.15, 0.2) is 0 Å². The summed E-state index contributed by atoms with van der Waals surface area (Å²) in [4.78, 5) is 11.7. The molecule has 0 aliphatic carbocycles. The topological polar surface area (TPSA) is 46.9 Å². The summed E-state index contributed by atoms with van der Waals surface area (Å²) in [5.74, 6) is 0.213. The number of hydrogen-bond donors (Lipinski definition) is 1. The normalized spacial score (nSPS) is 12.1. The third kappa shape index (κ3) is 3.70. The van der Waals surface area contributed by atoms with Gasteiger partial charge < -0.3 is 5.32 Å². The van der Waals surface area contributed by atoms with Crippen LogP contribution in [0, 0.1) is 5.92 Å². The quantitative estimate of drug-likeness (QED) is 0.877. The van der Waals surface area contributed by atoms with Gasteiger partial charge in [0.05, 0.1) is 11.9 Å². The molecule has 0 aliphatic rings. The molecule has 1 atom stereocenters. The molecule has 0 saturated carbocycles. The van der Waals surface area contributed by atoms with E-state index in [0.717, 1.165) is 24.1 Å². The monoisotopic (exact) mass is 271 g/mol. The average Bonchev–Trinajstić information content (AvgIpc) is 2.96. The van der Waals surface area contributed by atoms with E-state index in [2.05, 4.69) is 10.4 Å². The number of aromatic nitrogens is 2. The van der Waals surface area contributed by atoms with Crippen molar-refractivity contribution < 1.29 is 4.79 Å². The molecule has 0 saturated heterocycles. The minimum atomic E-state index is 0.0852. The summed E-state index contributed by atoms with van der Waals surface area (Å²) in [7, 11) is 0. The molecule has 2 aromatic rings. The summed E-state index contributed by atoms with van der Waals surface area (Å²) < 4.78 is 1.85. The summed E-state index contributed by atoms with van der Waals surface area (Å²) in [6.07, 6.45) is 5.53. The van der Waals surface area contributed by atoms with Crippen molar-refractivity contribution in [3.8, 4) is 5.69 Å². The second-order valence-corrected chi connectivity index (χ2v) is 4.98. The van der Waals surface area contributed by atoms with Gasteiger partial charge >= 0.3 is 0 Å². The number of carbonyl (C=O) groups is 1. The van der Waals surface area contributed by atoms with Crippen LogP contribution in [-0.4, -0.2) is 22.2 Å². The van der Waals surface area contributed by atoms with E-state index >= 15 is 0 Å². The van der Waals surface area contributed by atoms with Gasteiger partial charge in [-0.25, -0.2) is 4.68 Å². The van der Waals surface area contributed by atoms with E-state index in [4.69, 9.17) is 0 Å². The van der Waals surface area contributed by atoms with E-state index in [1.807, 2.05) is 61.3 Å². The fourth-order valence-electron chi connectivity index (χ4n) is 1.90. The lowest BCUT2D eigenvalue weighted by atomic mass is 10.1. The van der Waals surface area contributed by atoms with Crippen molar-refractivity contribution in [1.82, 2.24) is 15.1 Å². The number of nitrogens with one attached hydrogen (secondary N) is 1. The van der Waals surface area contributed by atoms with Crippen LogP contribution >= 0.6 is 0 Å². The second-order valence-electron chi connectivity index (χ2n) is 4.98. The average molecular weight is 271 g/mol. The smallest absolute Gasteiger partial charge is 0.222 e. The summed E-state index contributed by atoms with van der Waals surface area (Å²) in [6.45, 7) is 4.63. The predicted octanol–water partition coefficient (Wildman–Crippen LogP) is 2.58. The third-order valence-corrected chi connectivity index (χ3v) is 3.43. The molecule has 0 aliphatic heterocycles. The Hall–Kier alpha value is -2.10. The first-order chi connectivity index (χ1) is 9.70. The molecule has 1 aromatic heterocycles. The zero-order chi connectivity index (χ0) is 14.4. The van der Waals surface area contributed by atoms with E-state index in [0.29, 0.717) is 6.54 Å². The third-order valence-electron chi connectivity index (χ3n) is 3.43.